The first-order valence-corrected chi connectivity index (χ1v) is 6.93. The molecular weight excluding hydrogens is 254 g/mol. The van der Waals surface area contributed by atoms with Gasteiger partial charge in [-0.1, -0.05) is 0 Å². The number of aromatic amines is 1. The fourth-order valence-electron chi connectivity index (χ4n) is 2.91. The number of nitrogens with one attached hydrogen (secondary N) is 1. The number of aromatic nitrogens is 2. The van der Waals surface area contributed by atoms with E-state index in [1.165, 1.54) is 12.7 Å². The standard InChI is InChI=1S/C15H19N3O2/c1-18-5-3-10(4-6-18)13-9-17-14-12(13)7-11(8-16-14)15(19)20-2/h7-10H,3-6H2,1-2H3,(H,16,17). The molecule has 0 spiro atoms. The predicted octanol–water partition coefficient (Wildman–Crippen LogP) is 2.16. The summed E-state index contributed by atoms with van der Waals surface area (Å²) in [6.45, 7) is 2.23. The van der Waals surface area contributed by atoms with Gasteiger partial charge in [-0.2, -0.15) is 0 Å². The van der Waals surface area contributed by atoms with Gasteiger partial charge in [-0.05, 0) is 50.5 Å². The van der Waals surface area contributed by atoms with Crippen molar-refractivity contribution in [3.8, 4) is 0 Å². The second kappa shape index (κ2) is 5.25. The van der Waals surface area contributed by atoms with Gasteiger partial charge < -0.3 is 14.6 Å². The normalized spacial score (nSPS) is 17.5. The SMILES string of the molecule is COC(=O)c1cnc2[nH]cc(C3CCN(C)CC3)c2c1. The van der Waals surface area contributed by atoms with Crippen LogP contribution in [-0.4, -0.2) is 48.1 Å². The highest BCUT2D eigenvalue weighted by atomic mass is 16.5. The smallest absolute Gasteiger partial charge is 0.339 e. The minimum atomic E-state index is -0.338. The van der Waals surface area contributed by atoms with Crippen molar-refractivity contribution in [2.75, 3.05) is 27.2 Å². The maximum absolute atomic E-state index is 11.6. The zero-order chi connectivity index (χ0) is 14.1. The van der Waals surface area contributed by atoms with Crippen molar-refractivity contribution in [3.05, 3.63) is 29.6 Å². The molecule has 1 aliphatic heterocycles. The van der Waals surface area contributed by atoms with Crippen LogP contribution in [0.3, 0.4) is 0 Å². The second-order valence-electron chi connectivity index (χ2n) is 5.43. The molecule has 0 amide bonds. The molecule has 0 aliphatic carbocycles. The minimum Gasteiger partial charge on any atom is -0.465 e. The van der Waals surface area contributed by atoms with Crippen molar-refractivity contribution in [2.24, 2.45) is 0 Å². The van der Waals surface area contributed by atoms with Crippen LogP contribution >= 0.6 is 0 Å². The average Bonchev–Trinajstić information content (AvgIpc) is 2.90. The monoisotopic (exact) mass is 273 g/mol. The van der Waals surface area contributed by atoms with Crippen LogP contribution in [-0.2, 0) is 4.74 Å². The van der Waals surface area contributed by atoms with Crippen LogP contribution in [0.25, 0.3) is 11.0 Å². The molecule has 0 saturated carbocycles. The number of rotatable bonds is 2. The average molecular weight is 273 g/mol. The third kappa shape index (κ3) is 2.29. The molecule has 3 heterocycles. The molecule has 3 rings (SSSR count). The van der Waals surface area contributed by atoms with Gasteiger partial charge in [0.05, 0.1) is 12.7 Å². The molecule has 1 saturated heterocycles. The highest BCUT2D eigenvalue weighted by molar-refractivity contribution is 5.94. The van der Waals surface area contributed by atoms with E-state index < -0.39 is 0 Å². The van der Waals surface area contributed by atoms with Crippen LogP contribution in [0.15, 0.2) is 18.5 Å². The fourth-order valence-corrected chi connectivity index (χ4v) is 2.91. The summed E-state index contributed by atoms with van der Waals surface area (Å²) in [5, 5.41) is 1.04. The number of carbonyl (C=O) groups is 1. The van der Waals surface area contributed by atoms with E-state index in [0.717, 1.165) is 37.0 Å². The number of ether oxygens (including phenoxy) is 1. The van der Waals surface area contributed by atoms with Gasteiger partial charge >= 0.3 is 5.97 Å². The molecule has 0 atom stereocenters. The maximum atomic E-state index is 11.6. The lowest BCUT2D eigenvalue weighted by molar-refractivity contribution is 0.0600. The number of piperidine rings is 1. The van der Waals surface area contributed by atoms with Gasteiger partial charge in [0.25, 0.3) is 0 Å². The minimum absolute atomic E-state index is 0.338. The van der Waals surface area contributed by atoms with Crippen molar-refractivity contribution in [2.45, 2.75) is 18.8 Å². The molecule has 1 aliphatic rings. The Morgan fingerprint density at radius 1 is 1.45 bits per heavy atom. The number of hydrogen-bond acceptors (Lipinski definition) is 4. The van der Waals surface area contributed by atoms with E-state index in [2.05, 4.69) is 21.9 Å². The fraction of sp³-hybridized carbons (Fsp3) is 0.467. The zero-order valence-corrected chi connectivity index (χ0v) is 11.8. The first-order chi connectivity index (χ1) is 9.69. The third-order valence-electron chi connectivity index (χ3n) is 4.14. The van der Waals surface area contributed by atoms with Crippen molar-refractivity contribution < 1.29 is 9.53 Å². The summed E-state index contributed by atoms with van der Waals surface area (Å²) in [4.78, 5) is 21.5. The zero-order valence-electron chi connectivity index (χ0n) is 11.8. The highest BCUT2D eigenvalue weighted by Gasteiger charge is 2.22. The third-order valence-corrected chi connectivity index (χ3v) is 4.14. The predicted molar refractivity (Wildman–Crippen MR) is 76.9 cm³/mol. The summed E-state index contributed by atoms with van der Waals surface area (Å²) in [7, 11) is 3.55. The molecule has 5 nitrogen and oxygen atoms in total. The van der Waals surface area contributed by atoms with Crippen LogP contribution in [0, 0.1) is 0 Å². The first kappa shape index (κ1) is 13.1. The quantitative estimate of drug-likeness (QED) is 0.852. The summed E-state index contributed by atoms with van der Waals surface area (Å²) in [5.41, 5.74) is 2.62. The Morgan fingerprint density at radius 2 is 2.20 bits per heavy atom. The Bertz CT molecular complexity index is 627. The number of carbonyl (C=O) groups excluding carboxylic acids is 1. The first-order valence-electron chi connectivity index (χ1n) is 6.93. The number of esters is 1. The Balaban J connectivity index is 1.96. The molecule has 0 aromatic carbocycles. The lowest BCUT2D eigenvalue weighted by atomic mass is 9.89. The molecule has 106 valence electrons. The summed E-state index contributed by atoms with van der Waals surface area (Å²) in [6, 6.07) is 1.89. The van der Waals surface area contributed by atoms with E-state index in [0.29, 0.717) is 11.5 Å². The molecule has 0 radical (unpaired) electrons. The van der Waals surface area contributed by atoms with Crippen molar-refractivity contribution in [1.29, 1.82) is 0 Å². The van der Waals surface area contributed by atoms with Gasteiger partial charge in [0.1, 0.15) is 5.65 Å². The summed E-state index contributed by atoms with van der Waals surface area (Å²) in [5.74, 6) is 0.199. The summed E-state index contributed by atoms with van der Waals surface area (Å²) >= 11 is 0. The second-order valence-corrected chi connectivity index (χ2v) is 5.43. The van der Waals surface area contributed by atoms with E-state index in [4.69, 9.17) is 4.74 Å². The molecular formula is C15H19N3O2. The molecule has 5 heteroatoms. The van der Waals surface area contributed by atoms with Gasteiger partial charge in [0.15, 0.2) is 0 Å². The number of pyridine rings is 1. The number of nitrogens with zero attached hydrogens (tertiary/aromatic N) is 2. The molecule has 0 unspecified atom stereocenters. The van der Waals surface area contributed by atoms with Gasteiger partial charge in [-0.25, -0.2) is 9.78 Å². The lowest BCUT2D eigenvalue weighted by Crippen LogP contribution is -2.29. The summed E-state index contributed by atoms with van der Waals surface area (Å²) < 4.78 is 4.77. The Morgan fingerprint density at radius 3 is 2.90 bits per heavy atom. The number of methoxy groups -OCH3 is 1. The Kier molecular flexibility index (Phi) is 3.44. The number of hydrogen-bond donors (Lipinski definition) is 1. The van der Waals surface area contributed by atoms with Gasteiger partial charge in [-0.3, -0.25) is 0 Å². The number of H-pyrrole nitrogens is 1. The molecule has 2 aromatic heterocycles. The molecule has 2 aromatic rings. The van der Waals surface area contributed by atoms with Crippen LogP contribution in [0.1, 0.15) is 34.7 Å². The van der Waals surface area contributed by atoms with Gasteiger partial charge in [-0.15, -0.1) is 0 Å². The van der Waals surface area contributed by atoms with Gasteiger partial charge in [0.2, 0.25) is 0 Å². The van der Waals surface area contributed by atoms with Crippen LogP contribution in [0.5, 0.6) is 0 Å². The van der Waals surface area contributed by atoms with E-state index in [-0.39, 0.29) is 5.97 Å². The number of likely N-dealkylation sites (tertiary alicyclic amines) is 1. The van der Waals surface area contributed by atoms with Crippen molar-refractivity contribution in [3.63, 3.8) is 0 Å². The largest absolute Gasteiger partial charge is 0.465 e. The maximum Gasteiger partial charge on any atom is 0.339 e. The van der Waals surface area contributed by atoms with Crippen molar-refractivity contribution >= 4 is 17.0 Å². The van der Waals surface area contributed by atoms with Crippen molar-refractivity contribution in [1.82, 2.24) is 14.9 Å². The van der Waals surface area contributed by atoms with E-state index in [1.54, 1.807) is 6.20 Å². The summed E-state index contributed by atoms with van der Waals surface area (Å²) in [6.07, 6.45) is 5.88. The number of fused-ring (bicyclic) bond motifs is 1. The van der Waals surface area contributed by atoms with E-state index in [9.17, 15) is 4.79 Å². The lowest BCUT2D eigenvalue weighted by Gasteiger charge is -2.28. The molecule has 1 N–H and O–H groups in total. The van der Waals surface area contributed by atoms with E-state index >= 15 is 0 Å². The molecule has 20 heavy (non-hydrogen) atoms. The molecule has 0 bridgehead atoms. The van der Waals surface area contributed by atoms with E-state index in [1.807, 2.05) is 12.3 Å². The Labute approximate surface area is 117 Å². The van der Waals surface area contributed by atoms with Gasteiger partial charge in [0, 0.05) is 17.8 Å². The topological polar surface area (TPSA) is 58.2 Å². The highest BCUT2D eigenvalue weighted by Crippen LogP contribution is 2.32. The van der Waals surface area contributed by atoms with Crippen LogP contribution in [0.2, 0.25) is 0 Å². The van der Waals surface area contributed by atoms with Crippen LogP contribution in [0.4, 0.5) is 0 Å². The van der Waals surface area contributed by atoms with Crippen LogP contribution < -0.4 is 0 Å². The Hall–Kier alpha value is -1.88. The molecule has 1 fully saturated rings.